The molecule has 0 aliphatic heterocycles. The van der Waals surface area contributed by atoms with Crippen molar-refractivity contribution in [2.45, 2.75) is 19.4 Å². The molecular formula is C13H20IN3O2. The average molecular weight is 377 g/mol. The molecule has 0 aromatic carbocycles. The Balaban J connectivity index is 0.00000324. The van der Waals surface area contributed by atoms with Gasteiger partial charge in [0.1, 0.15) is 11.4 Å². The number of nitrogens with zero attached hydrogens (tertiary/aromatic N) is 1. The van der Waals surface area contributed by atoms with Crippen LogP contribution >= 0.6 is 24.0 Å². The summed E-state index contributed by atoms with van der Waals surface area (Å²) >= 11 is 0. The van der Waals surface area contributed by atoms with Crippen LogP contribution in [0.25, 0.3) is 0 Å². The number of aliphatic hydroxyl groups is 1. The first-order chi connectivity index (χ1) is 8.60. The Labute approximate surface area is 130 Å². The van der Waals surface area contributed by atoms with Crippen molar-refractivity contribution >= 4 is 29.9 Å². The Morgan fingerprint density at radius 2 is 2.32 bits per heavy atom. The Hall–Kier alpha value is -1.20. The van der Waals surface area contributed by atoms with Gasteiger partial charge in [0, 0.05) is 6.54 Å². The second kappa shape index (κ2) is 8.82. The molecule has 1 rings (SSSR count). The maximum Gasteiger partial charge on any atom is 0.192 e. The quantitative estimate of drug-likeness (QED) is 0.313. The lowest BCUT2D eigenvalue weighted by Crippen LogP contribution is -2.39. The van der Waals surface area contributed by atoms with E-state index in [1.54, 1.807) is 19.1 Å². The Morgan fingerprint density at radius 3 is 2.84 bits per heavy atom. The fourth-order valence-corrected chi connectivity index (χ4v) is 1.37. The molecular weight excluding hydrogens is 357 g/mol. The third-order valence-corrected chi connectivity index (χ3v) is 2.30. The van der Waals surface area contributed by atoms with Gasteiger partial charge in [-0.3, -0.25) is 0 Å². The zero-order valence-corrected chi connectivity index (χ0v) is 13.5. The van der Waals surface area contributed by atoms with Crippen LogP contribution in [-0.4, -0.2) is 30.7 Å². The smallest absolute Gasteiger partial charge is 0.192 e. The molecule has 0 bridgehead atoms. The molecule has 3 N–H and O–H groups in total. The maximum atomic E-state index is 10.2. The molecule has 1 heterocycles. The third kappa shape index (κ3) is 5.98. The molecule has 106 valence electrons. The zero-order chi connectivity index (χ0) is 13.4. The largest absolute Gasteiger partial charge is 0.466 e. The van der Waals surface area contributed by atoms with Crippen molar-refractivity contribution < 1.29 is 9.52 Å². The van der Waals surface area contributed by atoms with Crippen LogP contribution in [0.2, 0.25) is 0 Å². The SMILES string of the molecule is C#CCNC(=NCC(C)(O)c1ccco1)NCC.I. The highest BCUT2D eigenvalue weighted by molar-refractivity contribution is 14.0. The lowest BCUT2D eigenvalue weighted by molar-refractivity contribution is 0.0437. The van der Waals surface area contributed by atoms with Gasteiger partial charge in [-0.05, 0) is 26.0 Å². The molecule has 0 saturated carbocycles. The number of rotatable bonds is 5. The molecule has 0 spiro atoms. The highest BCUT2D eigenvalue weighted by atomic mass is 127. The average Bonchev–Trinajstić information content (AvgIpc) is 2.87. The van der Waals surface area contributed by atoms with Gasteiger partial charge in [-0.1, -0.05) is 5.92 Å². The normalized spacial score (nSPS) is 13.9. The number of furan rings is 1. The Kier molecular flexibility index (Phi) is 8.27. The Bertz CT molecular complexity index is 422. The molecule has 1 unspecified atom stereocenters. The van der Waals surface area contributed by atoms with Gasteiger partial charge in [0.25, 0.3) is 0 Å². The van der Waals surface area contributed by atoms with E-state index in [0.717, 1.165) is 6.54 Å². The summed E-state index contributed by atoms with van der Waals surface area (Å²) in [6.45, 7) is 4.90. The summed E-state index contributed by atoms with van der Waals surface area (Å²) in [6.07, 6.45) is 6.70. The van der Waals surface area contributed by atoms with Gasteiger partial charge < -0.3 is 20.2 Å². The second-order valence-electron chi connectivity index (χ2n) is 4.00. The predicted molar refractivity (Wildman–Crippen MR) is 86.5 cm³/mol. The van der Waals surface area contributed by atoms with Crippen molar-refractivity contribution in [2.75, 3.05) is 19.6 Å². The van der Waals surface area contributed by atoms with Crippen LogP contribution < -0.4 is 10.6 Å². The monoisotopic (exact) mass is 377 g/mol. The van der Waals surface area contributed by atoms with Gasteiger partial charge in [0.2, 0.25) is 0 Å². The van der Waals surface area contributed by atoms with E-state index in [4.69, 9.17) is 10.8 Å². The van der Waals surface area contributed by atoms with Crippen LogP contribution in [0.15, 0.2) is 27.8 Å². The van der Waals surface area contributed by atoms with Gasteiger partial charge in [0.05, 0.1) is 19.4 Å². The molecule has 0 aliphatic rings. The molecule has 1 aromatic heterocycles. The summed E-state index contributed by atoms with van der Waals surface area (Å²) in [5.41, 5.74) is -1.14. The number of aliphatic imine (C=N–C) groups is 1. The van der Waals surface area contributed by atoms with Gasteiger partial charge in [-0.2, -0.15) is 0 Å². The summed E-state index contributed by atoms with van der Waals surface area (Å²) in [4.78, 5) is 4.27. The van der Waals surface area contributed by atoms with Gasteiger partial charge >= 0.3 is 0 Å². The molecule has 0 aliphatic carbocycles. The number of halogens is 1. The van der Waals surface area contributed by atoms with Gasteiger partial charge in [-0.25, -0.2) is 4.99 Å². The Morgan fingerprint density at radius 1 is 1.58 bits per heavy atom. The molecule has 0 amide bonds. The predicted octanol–water partition coefficient (Wildman–Crippen LogP) is 1.29. The molecule has 0 radical (unpaired) electrons. The van der Waals surface area contributed by atoms with Crippen LogP contribution in [-0.2, 0) is 5.60 Å². The fourth-order valence-electron chi connectivity index (χ4n) is 1.37. The van der Waals surface area contributed by atoms with E-state index in [9.17, 15) is 5.11 Å². The lowest BCUT2D eigenvalue weighted by Gasteiger charge is -2.19. The van der Waals surface area contributed by atoms with E-state index in [1.165, 1.54) is 6.26 Å². The van der Waals surface area contributed by atoms with E-state index < -0.39 is 5.60 Å². The van der Waals surface area contributed by atoms with Crippen molar-refractivity contribution in [3.63, 3.8) is 0 Å². The van der Waals surface area contributed by atoms with Crippen molar-refractivity contribution in [3.05, 3.63) is 24.2 Å². The van der Waals surface area contributed by atoms with Crippen LogP contribution in [0.3, 0.4) is 0 Å². The van der Waals surface area contributed by atoms with Crippen LogP contribution in [0, 0.1) is 12.3 Å². The number of hydrogen-bond acceptors (Lipinski definition) is 3. The van der Waals surface area contributed by atoms with Gasteiger partial charge in [-0.15, -0.1) is 30.4 Å². The molecule has 1 aromatic rings. The number of hydrogen-bond donors (Lipinski definition) is 3. The van der Waals surface area contributed by atoms with Crippen LogP contribution in [0.1, 0.15) is 19.6 Å². The van der Waals surface area contributed by atoms with E-state index in [1.807, 2.05) is 6.92 Å². The van der Waals surface area contributed by atoms with Gasteiger partial charge in [0.15, 0.2) is 5.96 Å². The van der Waals surface area contributed by atoms with Crippen molar-refractivity contribution in [1.29, 1.82) is 0 Å². The second-order valence-corrected chi connectivity index (χ2v) is 4.00. The van der Waals surface area contributed by atoms with E-state index >= 15 is 0 Å². The topological polar surface area (TPSA) is 69.8 Å². The minimum atomic E-state index is -1.14. The minimum absolute atomic E-state index is 0. The van der Waals surface area contributed by atoms with Crippen molar-refractivity contribution in [3.8, 4) is 12.3 Å². The molecule has 6 heteroatoms. The zero-order valence-electron chi connectivity index (χ0n) is 11.1. The molecule has 19 heavy (non-hydrogen) atoms. The summed E-state index contributed by atoms with van der Waals surface area (Å²) in [5, 5.41) is 16.2. The fraction of sp³-hybridized carbons (Fsp3) is 0.462. The van der Waals surface area contributed by atoms with E-state index in [2.05, 4.69) is 21.5 Å². The van der Waals surface area contributed by atoms with Crippen molar-refractivity contribution in [2.24, 2.45) is 4.99 Å². The highest BCUT2D eigenvalue weighted by Gasteiger charge is 2.25. The first-order valence-electron chi connectivity index (χ1n) is 5.82. The summed E-state index contributed by atoms with van der Waals surface area (Å²) in [7, 11) is 0. The molecule has 5 nitrogen and oxygen atoms in total. The summed E-state index contributed by atoms with van der Waals surface area (Å²) < 4.78 is 5.18. The first-order valence-corrected chi connectivity index (χ1v) is 5.82. The summed E-state index contributed by atoms with van der Waals surface area (Å²) in [5.74, 6) is 3.53. The maximum absolute atomic E-state index is 10.2. The number of terminal acetylenes is 1. The van der Waals surface area contributed by atoms with E-state index in [-0.39, 0.29) is 30.5 Å². The van der Waals surface area contributed by atoms with Crippen LogP contribution in [0.5, 0.6) is 0 Å². The third-order valence-electron chi connectivity index (χ3n) is 2.30. The van der Waals surface area contributed by atoms with Crippen LogP contribution in [0.4, 0.5) is 0 Å². The minimum Gasteiger partial charge on any atom is -0.466 e. The van der Waals surface area contributed by atoms with E-state index in [0.29, 0.717) is 18.3 Å². The molecule has 0 saturated heterocycles. The lowest BCUT2D eigenvalue weighted by atomic mass is 10.0. The molecule has 0 fully saturated rings. The number of guanidine groups is 1. The summed E-state index contributed by atoms with van der Waals surface area (Å²) in [6, 6.07) is 3.45. The van der Waals surface area contributed by atoms with Crippen molar-refractivity contribution in [1.82, 2.24) is 10.6 Å². The standard InChI is InChI=1S/C13H19N3O2.HI/c1-4-8-15-12(14-5-2)16-10-13(3,17)11-7-6-9-18-11;/h1,6-7,9,17H,5,8,10H2,2-3H3,(H2,14,15,16);1H. The molecule has 1 atom stereocenters. The highest BCUT2D eigenvalue weighted by Crippen LogP contribution is 2.20. The first kappa shape index (κ1) is 17.8. The number of nitrogens with one attached hydrogen (secondary N) is 2.